The number of amides is 1. The van der Waals surface area contributed by atoms with Gasteiger partial charge < -0.3 is 10.1 Å². The molecule has 0 fully saturated rings. The third-order valence-corrected chi connectivity index (χ3v) is 6.44. The van der Waals surface area contributed by atoms with Gasteiger partial charge in [-0.05, 0) is 53.0 Å². The maximum absolute atomic E-state index is 13.2. The summed E-state index contributed by atoms with van der Waals surface area (Å²) in [5.41, 5.74) is 5.43. The van der Waals surface area contributed by atoms with Crippen LogP contribution in [0.1, 0.15) is 88.0 Å². The number of nitrogens with one attached hydrogen (secondary N) is 1. The third kappa shape index (κ3) is 7.10. The zero-order chi connectivity index (χ0) is 23.0. The average molecular weight is 489 g/mol. The number of hydrogen-bond donors (Lipinski definition) is 1. The molecule has 2 aromatic rings. The van der Waals surface area contributed by atoms with Crippen LogP contribution in [0.15, 0.2) is 36.4 Å². The van der Waals surface area contributed by atoms with Gasteiger partial charge in [0.05, 0.1) is 7.11 Å². The van der Waals surface area contributed by atoms with Crippen LogP contribution in [0.25, 0.3) is 0 Å². The molecule has 1 amide bonds. The summed E-state index contributed by atoms with van der Waals surface area (Å²) in [6, 6.07) is 12.6. The molecule has 0 aliphatic rings. The second-order valence-corrected chi connectivity index (χ2v) is 9.97. The third-order valence-electron chi connectivity index (χ3n) is 5.79. The van der Waals surface area contributed by atoms with Gasteiger partial charge in [0, 0.05) is 17.4 Å². The number of alkyl halides is 1. The van der Waals surface area contributed by atoms with Crippen LogP contribution in [0.5, 0.6) is 5.75 Å². The molecule has 0 heterocycles. The van der Waals surface area contributed by atoms with Crippen molar-refractivity contribution in [1.29, 1.82) is 0 Å². The first-order valence-corrected chi connectivity index (χ1v) is 12.5. The zero-order valence-electron chi connectivity index (χ0n) is 20.0. The first-order valence-electron chi connectivity index (χ1n) is 11.3. The van der Waals surface area contributed by atoms with E-state index in [0.29, 0.717) is 6.42 Å². The predicted octanol–water partition coefficient (Wildman–Crippen LogP) is 7.89. The van der Waals surface area contributed by atoms with E-state index in [1.165, 1.54) is 6.42 Å². The van der Waals surface area contributed by atoms with Crippen molar-refractivity contribution in [3.63, 3.8) is 0 Å². The van der Waals surface area contributed by atoms with Crippen LogP contribution in [0, 0.1) is 6.92 Å². The smallest absolute Gasteiger partial charge is 0.224 e. The van der Waals surface area contributed by atoms with Crippen molar-refractivity contribution < 1.29 is 9.53 Å². The van der Waals surface area contributed by atoms with Gasteiger partial charge in [0.25, 0.3) is 0 Å². The maximum atomic E-state index is 13.2. The molecule has 2 rings (SSSR count). The fraction of sp³-hybridized carbons (Fsp3) is 0.519. The topological polar surface area (TPSA) is 38.3 Å². The van der Waals surface area contributed by atoms with Crippen LogP contribution >= 0.6 is 15.9 Å². The lowest BCUT2D eigenvalue weighted by atomic mass is 9.85. The van der Waals surface area contributed by atoms with E-state index in [0.717, 1.165) is 58.3 Å². The summed E-state index contributed by atoms with van der Waals surface area (Å²) < 4.78 is 5.72. The lowest BCUT2D eigenvalue weighted by molar-refractivity contribution is -0.116. The summed E-state index contributed by atoms with van der Waals surface area (Å²) >= 11 is 3.54. The highest BCUT2D eigenvalue weighted by molar-refractivity contribution is 9.08. The molecule has 1 unspecified atom stereocenters. The number of rotatable bonds is 10. The number of carbonyl (C=O) groups excluding carboxylic acids is 1. The Morgan fingerprint density at radius 2 is 1.90 bits per heavy atom. The van der Waals surface area contributed by atoms with Crippen LogP contribution in [0.3, 0.4) is 0 Å². The van der Waals surface area contributed by atoms with Crippen molar-refractivity contribution in [3.05, 3.63) is 58.7 Å². The zero-order valence-corrected chi connectivity index (χ0v) is 21.6. The second kappa shape index (κ2) is 11.7. The van der Waals surface area contributed by atoms with Crippen molar-refractivity contribution in [2.24, 2.45) is 0 Å². The number of anilines is 1. The number of aryl methyl sites for hydroxylation is 1. The molecule has 1 atom stereocenters. The molecule has 2 aromatic carbocycles. The first kappa shape index (κ1) is 25.5. The van der Waals surface area contributed by atoms with Crippen LogP contribution in [0.4, 0.5) is 5.69 Å². The summed E-state index contributed by atoms with van der Waals surface area (Å²) in [5, 5.41) is 4.00. The molecule has 31 heavy (non-hydrogen) atoms. The van der Waals surface area contributed by atoms with Gasteiger partial charge >= 0.3 is 0 Å². The molecule has 170 valence electrons. The van der Waals surface area contributed by atoms with Gasteiger partial charge in [-0.1, -0.05) is 93.2 Å². The van der Waals surface area contributed by atoms with Crippen LogP contribution in [-0.2, 0) is 15.5 Å². The van der Waals surface area contributed by atoms with E-state index < -0.39 is 0 Å². The van der Waals surface area contributed by atoms with Crippen molar-refractivity contribution in [3.8, 4) is 5.75 Å². The first-order chi connectivity index (χ1) is 14.7. The molecule has 0 aliphatic heterocycles. The van der Waals surface area contributed by atoms with Crippen molar-refractivity contribution in [2.45, 2.75) is 83.4 Å². The normalized spacial score (nSPS) is 12.5. The number of hydrogen-bond acceptors (Lipinski definition) is 2. The highest BCUT2D eigenvalue weighted by atomic mass is 79.9. The van der Waals surface area contributed by atoms with Gasteiger partial charge in [0.2, 0.25) is 5.91 Å². The van der Waals surface area contributed by atoms with Gasteiger partial charge in [-0.25, -0.2) is 0 Å². The fourth-order valence-corrected chi connectivity index (χ4v) is 4.49. The van der Waals surface area contributed by atoms with Crippen LogP contribution in [0.2, 0.25) is 0 Å². The number of benzene rings is 2. The van der Waals surface area contributed by atoms with Crippen molar-refractivity contribution in [1.82, 2.24) is 0 Å². The highest BCUT2D eigenvalue weighted by Crippen LogP contribution is 2.36. The number of halogens is 1. The van der Waals surface area contributed by atoms with Gasteiger partial charge in [0.15, 0.2) is 0 Å². The molecule has 0 bridgehead atoms. The number of methoxy groups -OCH3 is 1. The Morgan fingerprint density at radius 3 is 2.52 bits per heavy atom. The van der Waals surface area contributed by atoms with E-state index in [1.807, 2.05) is 0 Å². The monoisotopic (exact) mass is 487 g/mol. The number of ether oxygens (including phenoxy) is 1. The second-order valence-electron chi connectivity index (χ2n) is 9.41. The Morgan fingerprint density at radius 1 is 1.16 bits per heavy atom. The minimum atomic E-state index is -0.0479. The summed E-state index contributed by atoms with van der Waals surface area (Å²) in [7, 11) is 1.72. The van der Waals surface area contributed by atoms with Crippen molar-refractivity contribution in [2.75, 3.05) is 12.4 Å². The average Bonchev–Trinajstić information content (AvgIpc) is 2.72. The molecule has 4 heteroatoms. The van der Waals surface area contributed by atoms with Gasteiger partial charge in [-0.2, -0.15) is 0 Å². The summed E-state index contributed by atoms with van der Waals surface area (Å²) in [5.74, 6) is 1.11. The van der Waals surface area contributed by atoms with E-state index in [9.17, 15) is 4.79 Å². The van der Waals surface area contributed by atoms with Crippen LogP contribution in [-0.4, -0.2) is 13.0 Å². The molecule has 0 radical (unpaired) electrons. The quantitative estimate of drug-likeness (QED) is 0.273. The Kier molecular flexibility index (Phi) is 9.61. The molecule has 0 saturated carbocycles. The lowest BCUT2D eigenvalue weighted by Crippen LogP contribution is -2.21. The predicted molar refractivity (Wildman–Crippen MR) is 136 cm³/mol. The molecule has 0 aromatic heterocycles. The molecular weight excluding hydrogens is 450 g/mol. The minimum Gasteiger partial charge on any atom is -0.496 e. The number of carbonyl (C=O) groups is 1. The molecule has 0 spiro atoms. The van der Waals surface area contributed by atoms with Gasteiger partial charge in [0.1, 0.15) is 5.75 Å². The largest absolute Gasteiger partial charge is 0.496 e. The van der Waals surface area contributed by atoms with E-state index in [1.54, 1.807) is 7.11 Å². The summed E-state index contributed by atoms with van der Waals surface area (Å²) in [6.07, 6.45) is 4.88. The Bertz CT molecular complexity index is 870. The van der Waals surface area contributed by atoms with Gasteiger partial charge in [-0.3, -0.25) is 4.79 Å². The van der Waals surface area contributed by atoms with Gasteiger partial charge in [-0.15, -0.1) is 0 Å². The van der Waals surface area contributed by atoms with Crippen LogP contribution < -0.4 is 10.1 Å². The van der Waals surface area contributed by atoms with Crippen molar-refractivity contribution >= 4 is 27.5 Å². The fourth-order valence-electron chi connectivity index (χ4n) is 4.14. The SMILES string of the molecule is CCCCCC(CC(=O)Nc1cc(CBr)ccc1C(C)(C)C)c1cccc(C)c1OC. The van der Waals surface area contributed by atoms with E-state index in [2.05, 4.69) is 92.3 Å². The maximum Gasteiger partial charge on any atom is 0.224 e. The summed E-state index contributed by atoms with van der Waals surface area (Å²) in [4.78, 5) is 13.2. The Hall–Kier alpha value is -1.81. The highest BCUT2D eigenvalue weighted by Gasteiger charge is 2.23. The van der Waals surface area contributed by atoms with E-state index in [-0.39, 0.29) is 17.2 Å². The standard InChI is InChI=1S/C27H38BrNO2/c1-7-8-9-12-21(22-13-10-11-19(2)26(22)31-6)17-25(30)29-24-16-20(18-28)14-15-23(24)27(3,4)5/h10-11,13-16,21H,7-9,12,17-18H2,1-6H3,(H,29,30). The Labute approximate surface area is 197 Å². The minimum absolute atomic E-state index is 0.0479. The molecule has 3 nitrogen and oxygen atoms in total. The number of para-hydroxylation sites is 1. The van der Waals surface area contributed by atoms with E-state index >= 15 is 0 Å². The molecule has 0 saturated heterocycles. The Balaban J connectivity index is 2.30. The molecular formula is C27H38BrNO2. The lowest BCUT2D eigenvalue weighted by Gasteiger charge is -2.25. The van der Waals surface area contributed by atoms with E-state index in [4.69, 9.17) is 4.74 Å². The number of unbranched alkanes of at least 4 members (excludes halogenated alkanes) is 2. The molecule has 0 aliphatic carbocycles. The summed E-state index contributed by atoms with van der Waals surface area (Å²) in [6.45, 7) is 10.8. The molecule has 1 N–H and O–H groups in total.